The SMILES string of the molecule is O=C(NC1CCCCC1)[C@H](Cc1ccccc1)N(Cc1ccc(Br)cc1)C(=O)CN(c1ccc(F)cc1)S(=O)(=O)c1ccc2c(c1)OCCO2. The van der Waals surface area contributed by atoms with Gasteiger partial charge in [0.1, 0.15) is 31.6 Å². The minimum absolute atomic E-state index is 0.00884. The Balaban J connectivity index is 1.39. The summed E-state index contributed by atoms with van der Waals surface area (Å²) < 4.78 is 55.9. The number of hydrogen-bond acceptors (Lipinski definition) is 6. The van der Waals surface area contributed by atoms with Crippen LogP contribution in [0.2, 0.25) is 0 Å². The first-order valence-corrected chi connectivity index (χ1v) is 19.0. The summed E-state index contributed by atoms with van der Waals surface area (Å²) in [7, 11) is -4.41. The van der Waals surface area contributed by atoms with Gasteiger partial charge in [-0.05, 0) is 72.5 Å². The molecule has 1 aliphatic carbocycles. The topological polar surface area (TPSA) is 105 Å². The molecule has 1 atom stereocenters. The molecular weight excluding hydrogens is 725 g/mol. The molecule has 262 valence electrons. The number of amides is 2. The lowest BCUT2D eigenvalue weighted by Crippen LogP contribution is -2.55. The van der Waals surface area contributed by atoms with E-state index in [2.05, 4.69) is 21.2 Å². The number of rotatable bonds is 12. The molecule has 1 fully saturated rings. The van der Waals surface area contributed by atoms with Crippen LogP contribution >= 0.6 is 15.9 Å². The first kappa shape index (κ1) is 35.4. The lowest BCUT2D eigenvalue weighted by atomic mass is 9.94. The molecule has 1 heterocycles. The van der Waals surface area contributed by atoms with E-state index >= 15 is 0 Å². The Hall–Kier alpha value is -4.42. The van der Waals surface area contributed by atoms with E-state index in [9.17, 15) is 22.4 Å². The number of ether oxygens (including phenoxy) is 2. The zero-order chi connectivity index (χ0) is 35.1. The summed E-state index contributed by atoms with van der Waals surface area (Å²) >= 11 is 3.46. The van der Waals surface area contributed by atoms with Gasteiger partial charge < -0.3 is 19.7 Å². The molecule has 6 rings (SSSR count). The fraction of sp³-hybridized carbons (Fsp3) is 0.316. The Bertz CT molecular complexity index is 1890. The lowest BCUT2D eigenvalue weighted by Gasteiger charge is -2.35. The van der Waals surface area contributed by atoms with Crippen LogP contribution in [-0.4, -0.2) is 57.0 Å². The van der Waals surface area contributed by atoms with Crippen molar-refractivity contribution in [3.05, 3.63) is 118 Å². The molecule has 4 aromatic carbocycles. The van der Waals surface area contributed by atoms with E-state index in [-0.39, 0.29) is 47.9 Å². The monoisotopic (exact) mass is 763 g/mol. The third-order valence-corrected chi connectivity index (χ3v) is 11.3. The summed E-state index contributed by atoms with van der Waals surface area (Å²) in [5, 5.41) is 3.21. The van der Waals surface area contributed by atoms with Crippen LogP contribution in [0.25, 0.3) is 0 Å². The molecule has 0 aromatic heterocycles. The van der Waals surface area contributed by atoms with Crippen LogP contribution in [0.4, 0.5) is 10.1 Å². The van der Waals surface area contributed by atoms with Crippen molar-refractivity contribution < 1.29 is 31.9 Å². The van der Waals surface area contributed by atoms with Gasteiger partial charge in [0, 0.05) is 29.5 Å². The number of benzene rings is 4. The highest BCUT2D eigenvalue weighted by molar-refractivity contribution is 9.10. The molecule has 2 aliphatic rings. The highest BCUT2D eigenvalue weighted by Crippen LogP contribution is 2.34. The molecule has 0 bridgehead atoms. The third-order valence-electron chi connectivity index (χ3n) is 8.98. The van der Waals surface area contributed by atoms with Crippen LogP contribution < -0.4 is 19.1 Å². The summed E-state index contributed by atoms with van der Waals surface area (Å²) in [6.07, 6.45) is 5.08. The summed E-state index contributed by atoms with van der Waals surface area (Å²) in [6.45, 7) is -0.0145. The van der Waals surface area contributed by atoms with Crippen LogP contribution in [-0.2, 0) is 32.6 Å². The molecule has 0 saturated heterocycles. The minimum Gasteiger partial charge on any atom is -0.486 e. The fourth-order valence-electron chi connectivity index (χ4n) is 6.33. The molecule has 12 heteroatoms. The standard InChI is InChI=1S/C38H39BrFN3O6S/c39-29-13-11-28(12-14-29)25-42(34(23-27-7-3-1-4-8-27)38(45)41-31-9-5-2-6-10-31)37(44)26-43(32-17-15-30(40)16-18-32)50(46,47)33-19-20-35-36(24-33)49-22-21-48-35/h1,3-4,7-8,11-20,24,31,34H,2,5-6,9-10,21-23,25-26H2,(H,41,45)/t34-/m0/s1. The van der Waals surface area contributed by atoms with Crippen molar-refractivity contribution in [1.82, 2.24) is 10.2 Å². The van der Waals surface area contributed by atoms with Gasteiger partial charge in [-0.15, -0.1) is 0 Å². The predicted molar refractivity (Wildman–Crippen MR) is 192 cm³/mol. The average molecular weight is 765 g/mol. The molecular formula is C38H39BrFN3O6S. The lowest BCUT2D eigenvalue weighted by molar-refractivity contribution is -0.140. The average Bonchev–Trinajstić information content (AvgIpc) is 3.13. The minimum atomic E-state index is -4.41. The number of fused-ring (bicyclic) bond motifs is 1. The van der Waals surface area contributed by atoms with Gasteiger partial charge in [0.25, 0.3) is 10.0 Å². The van der Waals surface area contributed by atoms with E-state index in [0.717, 1.165) is 64.1 Å². The van der Waals surface area contributed by atoms with E-state index in [0.29, 0.717) is 12.4 Å². The number of carbonyl (C=O) groups is 2. The molecule has 0 radical (unpaired) electrons. The van der Waals surface area contributed by atoms with Gasteiger partial charge in [-0.25, -0.2) is 12.8 Å². The third kappa shape index (κ3) is 8.65. The van der Waals surface area contributed by atoms with E-state index < -0.39 is 34.3 Å². The molecule has 2 amide bonds. The van der Waals surface area contributed by atoms with Crippen molar-refractivity contribution in [1.29, 1.82) is 0 Å². The van der Waals surface area contributed by atoms with Crippen molar-refractivity contribution in [2.24, 2.45) is 0 Å². The van der Waals surface area contributed by atoms with Gasteiger partial charge in [0.2, 0.25) is 11.8 Å². The second-order valence-electron chi connectivity index (χ2n) is 12.5. The Labute approximate surface area is 300 Å². The van der Waals surface area contributed by atoms with Crippen LogP contribution in [0.5, 0.6) is 11.5 Å². The number of nitrogens with one attached hydrogen (secondary N) is 1. The number of anilines is 1. The number of sulfonamides is 1. The Morgan fingerprint density at radius 1 is 0.840 bits per heavy atom. The van der Waals surface area contributed by atoms with E-state index in [1.54, 1.807) is 0 Å². The Morgan fingerprint density at radius 2 is 1.52 bits per heavy atom. The van der Waals surface area contributed by atoms with Crippen molar-refractivity contribution in [3.63, 3.8) is 0 Å². The van der Waals surface area contributed by atoms with E-state index in [1.807, 2.05) is 54.6 Å². The number of nitrogens with zero attached hydrogens (tertiary/aromatic N) is 2. The maximum Gasteiger partial charge on any atom is 0.264 e. The van der Waals surface area contributed by atoms with E-state index in [1.165, 1.54) is 35.2 Å². The Morgan fingerprint density at radius 3 is 2.22 bits per heavy atom. The van der Waals surface area contributed by atoms with Gasteiger partial charge in [-0.3, -0.25) is 13.9 Å². The molecule has 4 aromatic rings. The highest BCUT2D eigenvalue weighted by atomic mass is 79.9. The first-order valence-electron chi connectivity index (χ1n) is 16.7. The quantitative estimate of drug-likeness (QED) is 0.174. The first-order chi connectivity index (χ1) is 24.2. The molecule has 50 heavy (non-hydrogen) atoms. The second kappa shape index (κ2) is 16.1. The van der Waals surface area contributed by atoms with Crippen LogP contribution in [0.15, 0.2) is 106 Å². The largest absolute Gasteiger partial charge is 0.486 e. The van der Waals surface area contributed by atoms with Gasteiger partial charge in [0.05, 0.1) is 10.6 Å². The molecule has 1 aliphatic heterocycles. The number of carbonyl (C=O) groups excluding carboxylic acids is 2. The molecule has 0 unspecified atom stereocenters. The van der Waals surface area contributed by atoms with Gasteiger partial charge >= 0.3 is 0 Å². The maximum atomic E-state index is 14.7. The van der Waals surface area contributed by atoms with Crippen molar-refractivity contribution in [2.75, 3.05) is 24.1 Å². The van der Waals surface area contributed by atoms with Crippen LogP contribution in [0, 0.1) is 5.82 Å². The van der Waals surface area contributed by atoms with Crippen molar-refractivity contribution in [3.8, 4) is 11.5 Å². The summed E-state index contributed by atoms with van der Waals surface area (Å²) in [6, 6.07) is 25.1. The summed E-state index contributed by atoms with van der Waals surface area (Å²) in [5.74, 6) is -0.779. The zero-order valence-electron chi connectivity index (χ0n) is 27.5. The van der Waals surface area contributed by atoms with Crippen molar-refractivity contribution in [2.45, 2.75) is 62.0 Å². The number of hydrogen-bond donors (Lipinski definition) is 1. The maximum absolute atomic E-state index is 14.7. The zero-order valence-corrected chi connectivity index (χ0v) is 29.9. The van der Waals surface area contributed by atoms with Crippen molar-refractivity contribution >= 4 is 43.5 Å². The normalized spacial score (nSPS) is 15.2. The highest BCUT2D eigenvalue weighted by Gasteiger charge is 2.36. The second-order valence-corrected chi connectivity index (χ2v) is 15.3. The van der Waals surface area contributed by atoms with Gasteiger partial charge in [0.15, 0.2) is 11.5 Å². The molecule has 0 spiro atoms. The fourth-order valence-corrected chi connectivity index (χ4v) is 8.03. The summed E-state index contributed by atoms with van der Waals surface area (Å²) in [4.78, 5) is 30.3. The molecule has 1 N–H and O–H groups in total. The van der Waals surface area contributed by atoms with Gasteiger partial charge in [-0.1, -0.05) is 77.7 Å². The number of halogens is 2. The van der Waals surface area contributed by atoms with Crippen LogP contribution in [0.3, 0.4) is 0 Å². The van der Waals surface area contributed by atoms with Crippen LogP contribution in [0.1, 0.15) is 43.2 Å². The smallest absolute Gasteiger partial charge is 0.264 e. The molecule has 1 saturated carbocycles. The van der Waals surface area contributed by atoms with Gasteiger partial charge in [-0.2, -0.15) is 0 Å². The molecule has 9 nitrogen and oxygen atoms in total. The Kier molecular flexibility index (Phi) is 11.4. The van der Waals surface area contributed by atoms with E-state index in [4.69, 9.17) is 9.47 Å². The predicted octanol–water partition coefficient (Wildman–Crippen LogP) is 6.64. The summed E-state index contributed by atoms with van der Waals surface area (Å²) in [5.41, 5.74) is 1.70.